The Morgan fingerprint density at radius 2 is 2.00 bits per heavy atom. The maximum atomic E-state index is 10.7. The van der Waals surface area contributed by atoms with Crippen molar-refractivity contribution < 1.29 is 9.53 Å². The fourth-order valence-corrected chi connectivity index (χ4v) is 1.17. The number of carbonyl (C=O) groups excluding carboxylic acids is 1. The summed E-state index contributed by atoms with van der Waals surface area (Å²) in [4.78, 5) is 10.7. The van der Waals surface area contributed by atoms with Crippen LogP contribution in [0.3, 0.4) is 0 Å². The second-order valence-corrected chi connectivity index (χ2v) is 3.65. The molecule has 0 amide bonds. The minimum atomic E-state index is -0.335. The molecule has 1 rings (SSSR count). The Balaban J connectivity index is 2.69. The van der Waals surface area contributed by atoms with Gasteiger partial charge in [-0.25, -0.2) is 4.79 Å². The molecule has 68 valence electrons. The summed E-state index contributed by atoms with van der Waals surface area (Å²) < 4.78 is 5.64. The van der Waals surface area contributed by atoms with Gasteiger partial charge in [-0.3, -0.25) is 0 Å². The lowest BCUT2D eigenvalue weighted by Gasteiger charge is -1.93. The Bertz CT molecular complexity index is 314. The average molecular weight is 288 g/mol. The van der Waals surface area contributed by atoms with Gasteiger partial charge in [-0.1, -0.05) is 12.1 Å². The summed E-state index contributed by atoms with van der Waals surface area (Å²) in [5.41, 5.74) is 0.991. The van der Waals surface area contributed by atoms with Gasteiger partial charge in [-0.15, -0.1) is 0 Å². The largest absolute Gasteiger partial charge is 0.466 e. The maximum absolute atomic E-state index is 10.7. The van der Waals surface area contributed by atoms with Crippen LogP contribution < -0.4 is 0 Å². The van der Waals surface area contributed by atoms with Gasteiger partial charge in [0.2, 0.25) is 0 Å². The molecule has 2 nitrogen and oxygen atoms in total. The minimum absolute atomic E-state index is 0.335. The van der Waals surface area contributed by atoms with Crippen LogP contribution in [0.15, 0.2) is 30.3 Å². The molecule has 1 aromatic carbocycles. The van der Waals surface area contributed by atoms with Gasteiger partial charge in [0.05, 0.1) is 7.11 Å². The second-order valence-electron chi connectivity index (χ2n) is 2.41. The van der Waals surface area contributed by atoms with Gasteiger partial charge < -0.3 is 4.74 Å². The van der Waals surface area contributed by atoms with E-state index >= 15 is 0 Å². The van der Waals surface area contributed by atoms with E-state index in [1.54, 1.807) is 6.08 Å². The highest BCUT2D eigenvalue weighted by Crippen LogP contribution is 2.07. The van der Waals surface area contributed by atoms with Crippen molar-refractivity contribution in [1.82, 2.24) is 0 Å². The highest BCUT2D eigenvalue weighted by molar-refractivity contribution is 14.1. The van der Waals surface area contributed by atoms with E-state index in [-0.39, 0.29) is 5.97 Å². The van der Waals surface area contributed by atoms with Crippen molar-refractivity contribution in [2.24, 2.45) is 0 Å². The molecule has 0 N–H and O–H groups in total. The quantitative estimate of drug-likeness (QED) is 0.475. The summed E-state index contributed by atoms with van der Waals surface area (Å²) in [7, 11) is 1.36. The molecule has 0 radical (unpaired) electrons. The van der Waals surface area contributed by atoms with Crippen molar-refractivity contribution in [3.63, 3.8) is 0 Å². The third-order valence-corrected chi connectivity index (χ3v) is 2.20. The van der Waals surface area contributed by atoms with Gasteiger partial charge in [0.15, 0.2) is 0 Å². The first kappa shape index (κ1) is 10.2. The van der Waals surface area contributed by atoms with Crippen molar-refractivity contribution >= 4 is 34.6 Å². The van der Waals surface area contributed by atoms with Crippen LogP contribution >= 0.6 is 22.6 Å². The van der Waals surface area contributed by atoms with Crippen molar-refractivity contribution in [2.45, 2.75) is 0 Å². The van der Waals surface area contributed by atoms with Crippen LogP contribution in [0.2, 0.25) is 0 Å². The molecule has 0 unspecified atom stereocenters. The number of halogens is 1. The number of rotatable bonds is 2. The molecule has 0 spiro atoms. The Morgan fingerprint density at radius 1 is 1.38 bits per heavy atom. The summed E-state index contributed by atoms with van der Waals surface area (Å²) in [5, 5.41) is 0. The third-order valence-electron chi connectivity index (χ3n) is 1.48. The topological polar surface area (TPSA) is 26.3 Å². The van der Waals surface area contributed by atoms with Crippen LogP contribution in [0.5, 0.6) is 0 Å². The first-order valence-corrected chi connectivity index (χ1v) is 4.82. The molecule has 0 aromatic heterocycles. The molecule has 0 fully saturated rings. The van der Waals surface area contributed by atoms with Gasteiger partial charge in [-0.05, 0) is 46.4 Å². The molecular formula is C10H9IO2. The van der Waals surface area contributed by atoms with Crippen LogP contribution in [-0.2, 0) is 9.53 Å². The number of esters is 1. The Kier molecular flexibility index (Phi) is 3.95. The van der Waals surface area contributed by atoms with Gasteiger partial charge in [-0.2, -0.15) is 0 Å². The van der Waals surface area contributed by atoms with Crippen molar-refractivity contribution in [2.75, 3.05) is 7.11 Å². The second kappa shape index (κ2) is 5.01. The summed E-state index contributed by atoms with van der Waals surface area (Å²) in [6, 6.07) is 7.86. The van der Waals surface area contributed by atoms with E-state index in [1.807, 2.05) is 24.3 Å². The first-order valence-electron chi connectivity index (χ1n) is 3.74. The highest BCUT2D eigenvalue weighted by atomic mass is 127. The standard InChI is InChI=1S/C10H9IO2/c1-13-10(12)7-4-8-2-5-9(11)6-3-8/h2-7H,1H3/b7-4+. The Morgan fingerprint density at radius 3 is 2.54 bits per heavy atom. The molecule has 0 aliphatic rings. The fraction of sp³-hybridized carbons (Fsp3) is 0.100. The van der Waals surface area contributed by atoms with E-state index in [0.717, 1.165) is 5.56 Å². The summed E-state index contributed by atoms with van der Waals surface area (Å²) in [6.45, 7) is 0. The summed E-state index contributed by atoms with van der Waals surface area (Å²) >= 11 is 2.23. The molecule has 0 atom stereocenters. The van der Waals surface area contributed by atoms with Crippen molar-refractivity contribution in [3.05, 3.63) is 39.5 Å². The Labute approximate surface area is 90.7 Å². The number of benzene rings is 1. The molecule has 1 aromatic rings. The normalized spacial score (nSPS) is 10.3. The van der Waals surface area contributed by atoms with E-state index in [0.29, 0.717) is 0 Å². The van der Waals surface area contributed by atoms with E-state index in [1.165, 1.54) is 16.8 Å². The lowest BCUT2D eigenvalue weighted by molar-refractivity contribution is -0.134. The van der Waals surface area contributed by atoms with Gasteiger partial charge in [0, 0.05) is 9.65 Å². The van der Waals surface area contributed by atoms with Crippen molar-refractivity contribution in [3.8, 4) is 0 Å². The summed E-state index contributed by atoms with van der Waals surface area (Å²) in [5.74, 6) is -0.335. The predicted molar refractivity (Wildman–Crippen MR) is 60.2 cm³/mol. The van der Waals surface area contributed by atoms with E-state index in [2.05, 4.69) is 27.3 Å². The number of hydrogen-bond acceptors (Lipinski definition) is 2. The van der Waals surface area contributed by atoms with Crippen LogP contribution in [0.1, 0.15) is 5.56 Å². The SMILES string of the molecule is COC(=O)/C=C/c1ccc(I)cc1. The molecule has 0 saturated carbocycles. The third kappa shape index (κ3) is 3.59. The van der Waals surface area contributed by atoms with Gasteiger partial charge >= 0.3 is 5.97 Å². The number of ether oxygens (including phenoxy) is 1. The molecule has 0 aliphatic heterocycles. The van der Waals surface area contributed by atoms with E-state index in [9.17, 15) is 4.79 Å². The molecular weight excluding hydrogens is 279 g/mol. The van der Waals surface area contributed by atoms with Crippen molar-refractivity contribution in [1.29, 1.82) is 0 Å². The monoisotopic (exact) mass is 288 g/mol. The van der Waals surface area contributed by atoms with Crippen LogP contribution in [0.4, 0.5) is 0 Å². The van der Waals surface area contributed by atoms with E-state index < -0.39 is 0 Å². The van der Waals surface area contributed by atoms with Crippen LogP contribution in [-0.4, -0.2) is 13.1 Å². The fourth-order valence-electron chi connectivity index (χ4n) is 0.806. The van der Waals surface area contributed by atoms with E-state index in [4.69, 9.17) is 0 Å². The molecule has 0 saturated heterocycles. The maximum Gasteiger partial charge on any atom is 0.330 e. The molecule has 0 aliphatic carbocycles. The molecule has 0 heterocycles. The lowest BCUT2D eigenvalue weighted by Crippen LogP contribution is -1.93. The zero-order valence-corrected chi connectivity index (χ0v) is 9.32. The van der Waals surface area contributed by atoms with Gasteiger partial charge in [0.25, 0.3) is 0 Å². The zero-order valence-electron chi connectivity index (χ0n) is 7.16. The molecule has 13 heavy (non-hydrogen) atoms. The summed E-state index contributed by atoms with van der Waals surface area (Å²) in [6.07, 6.45) is 3.13. The van der Waals surface area contributed by atoms with Crippen LogP contribution in [0, 0.1) is 3.57 Å². The smallest absolute Gasteiger partial charge is 0.330 e. The Hall–Kier alpha value is -0.840. The number of hydrogen-bond donors (Lipinski definition) is 0. The molecule has 3 heteroatoms. The minimum Gasteiger partial charge on any atom is -0.466 e. The lowest BCUT2D eigenvalue weighted by atomic mass is 10.2. The average Bonchev–Trinajstić information content (AvgIpc) is 2.16. The number of methoxy groups -OCH3 is 1. The van der Waals surface area contributed by atoms with Gasteiger partial charge in [0.1, 0.15) is 0 Å². The number of carbonyl (C=O) groups is 1. The predicted octanol–water partition coefficient (Wildman–Crippen LogP) is 2.48. The highest BCUT2D eigenvalue weighted by Gasteiger charge is 1.91. The molecule has 0 bridgehead atoms. The van der Waals surface area contributed by atoms with Crippen LogP contribution in [0.25, 0.3) is 6.08 Å². The first-order chi connectivity index (χ1) is 6.22. The zero-order chi connectivity index (χ0) is 9.68.